The summed E-state index contributed by atoms with van der Waals surface area (Å²) in [6, 6.07) is 10.2. The van der Waals surface area contributed by atoms with Crippen molar-refractivity contribution < 1.29 is 4.79 Å². The summed E-state index contributed by atoms with van der Waals surface area (Å²) in [5.41, 5.74) is 5.60. The maximum atomic E-state index is 12.9. The van der Waals surface area contributed by atoms with Gasteiger partial charge in [-0.05, 0) is 37.5 Å². The predicted octanol–water partition coefficient (Wildman–Crippen LogP) is 2.86. The van der Waals surface area contributed by atoms with Gasteiger partial charge in [-0.3, -0.25) is 9.59 Å². The number of nitrogens with zero attached hydrogens (tertiary/aromatic N) is 2. The second-order valence-corrected chi connectivity index (χ2v) is 7.36. The molecule has 0 bridgehead atoms. The van der Waals surface area contributed by atoms with Crippen LogP contribution < -0.4 is 5.56 Å². The first-order valence-corrected chi connectivity index (χ1v) is 9.48. The summed E-state index contributed by atoms with van der Waals surface area (Å²) in [6.07, 6.45) is 1.69. The number of H-pyrrole nitrogens is 2. The Morgan fingerprint density at radius 1 is 1.25 bits per heavy atom. The summed E-state index contributed by atoms with van der Waals surface area (Å²) in [5.74, 6) is 0.0967. The molecule has 0 saturated carbocycles. The molecular formula is C22H22N4O2. The van der Waals surface area contributed by atoms with Crippen molar-refractivity contribution in [1.82, 2.24) is 14.9 Å². The molecule has 0 spiro atoms. The molecule has 142 valence electrons. The zero-order chi connectivity index (χ0) is 19.8. The Bertz CT molecular complexity index is 1180. The highest BCUT2D eigenvalue weighted by molar-refractivity contribution is 5.86. The van der Waals surface area contributed by atoms with Gasteiger partial charge in [-0.2, -0.15) is 5.26 Å². The van der Waals surface area contributed by atoms with Crippen LogP contribution in [-0.2, 0) is 24.2 Å². The van der Waals surface area contributed by atoms with E-state index in [0.29, 0.717) is 31.5 Å². The van der Waals surface area contributed by atoms with Crippen LogP contribution >= 0.6 is 0 Å². The van der Waals surface area contributed by atoms with Gasteiger partial charge in [0.1, 0.15) is 11.6 Å². The number of hydrogen-bond acceptors (Lipinski definition) is 3. The SMILES string of the molecule is Cc1[nH]c(=O)c(C#N)c(C)c1CCC(=O)N1CCc2[nH]c3ccccc3c2C1. The number of rotatable bonds is 3. The number of nitriles is 1. The first-order valence-electron chi connectivity index (χ1n) is 9.48. The van der Waals surface area contributed by atoms with E-state index in [1.165, 1.54) is 16.6 Å². The molecule has 0 unspecified atom stereocenters. The van der Waals surface area contributed by atoms with Gasteiger partial charge in [-0.15, -0.1) is 0 Å². The van der Waals surface area contributed by atoms with Crippen LogP contribution in [0.15, 0.2) is 29.1 Å². The molecule has 1 amide bonds. The number of nitrogens with one attached hydrogen (secondary N) is 2. The molecule has 0 radical (unpaired) electrons. The van der Waals surface area contributed by atoms with Crippen molar-refractivity contribution in [2.45, 2.75) is 39.7 Å². The number of aryl methyl sites for hydroxylation is 1. The monoisotopic (exact) mass is 374 g/mol. The number of pyridine rings is 1. The highest BCUT2D eigenvalue weighted by Gasteiger charge is 2.24. The fraction of sp³-hybridized carbons (Fsp3) is 0.318. The Labute approximate surface area is 162 Å². The highest BCUT2D eigenvalue weighted by Crippen LogP contribution is 2.28. The van der Waals surface area contributed by atoms with Crippen LogP contribution in [0.25, 0.3) is 10.9 Å². The van der Waals surface area contributed by atoms with E-state index in [1.807, 2.05) is 30.0 Å². The average Bonchev–Trinajstić information content (AvgIpc) is 3.05. The van der Waals surface area contributed by atoms with Gasteiger partial charge in [0.2, 0.25) is 5.91 Å². The Balaban J connectivity index is 1.52. The van der Waals surface area contributed by atoms with Crippen LogP contribution in [-0.4, -0.2) is 27.3 Å². The summed E-state index contributed by atoms with van der Waals surface area (Å²) in [5, 5.41) is 10.4. The summed E-state index contributed by atoms with van der Waals surface area (Å²) in [6.45, 7) is 4.91. The molecule has 6 heteroatoms. The van der Waals surface area contributed by atoms with E-state index in [1.54, 1.807) is 6.92 Å². The minimum Gasteiger partial charge on any atom is -0.358 e. The Kier molecular flexibility index (Phi) is 4.52. The third-order valence-electron chi connectivity index (χ3n) is 5.74. The molecule has 1 aliphatic heterocycles. The highest BCUT2D eigenvalue weighted by atomic mass is 16.2. The van der Waals surface area contributed by atoms with Crippen LogP contribution in [0.4, 0.5) is 0 Å². The largest absolute Gasteiger partial charge is 0.358 e. The van der Waals surface area contributed by atoms with E-state index in [4.69, 9.17) is 0 Å². The smallest absolute Gasteiger partial charge is 0.266 e. The van der Waals surface area contributed by atoms with Crippen molar-refractivity contribution in [2.24, 2.45) is 0 Å². The second kappa shape index (κ2) is 7.01. The topological polar surface area (TPSA) is 92.8 Å². The molecular weight excluding hydrogens is 352 g/mol. The third kappa shape index (κ3) is 2.99. The minimum atomic E-state index is -0.365. The molecule has 0 atom stereocenters. The van der Waals surface area contributed by atoms with E-state index in [-0.39, 0.29) is 17.0 Å². The Hall–Kier alpha value is -3.33. The van der Waals surface area contributed by atoms with Crippen LogP contribution in [0.1, 0.15) is 40.1 Å². The zero-order valence-corrected chi connectivity index (χ0v) is 16.1. The van der Waals surface area contributed by atoms with E-state index in [0.717, 1.165) is 23.2 Å². The van der Waals surface area contributed by atoms with Gasteiger partial charge in [0.25, 0.3) is 5.56 Å². The molecule has 0 fully saturated rings. The molecule has 1 aromatic carbocycles. The number of aromatic nitrogens is 2. The molecule has 4 rings (SSSR count). The van der Waals surface area contributed by atoms with Crippen LogP contribution in [0.2, 0.25) is 0 Å². The molecule has 0 aliphatic carbocycles. The summed E-state index contributed by atoms with van der Waals surface area (Å²) in [4.78, 5) is 32.8. The van der Waals surface area contributed by atoms with Crippen molar-refractivity contribution in [1.29, 1.82) is 5.26 Å². The Morgan fingerprint density at radius 3 is 2.82 bits per heavy atom. The minimum absolute atomic E-state index is 0.0967. The third-order valence-corrected chi connectivity index (χ3v) is 5.74. The zero-order valence-electron chi connectivity index (χ0n) is 16.1. The quantitative estimate of drug-likeness (QED) is 0.738. The number of hydrogen-bond donors (Lipinski definition) is 2. The van der Waals surface area contributed by atoms with Gasteiger partial charge in [-0.25, -0.2) is 0 Å². The molecule has 3 aromatic rings. The normalized spacial score (nSPS) is 13.4. The van der Waals surface area contributed by atoms with Crippen LogP contribution in [0, 0.1) is 25.2 Å². The average molecular weight is 374 g/mol. The maximum Gasteiger partial charge on any atom is 0.266 e. The summed E-state index contributed by atoms with van der Waals surface area (Å²) >= 11 is 0. The number of benzene rings is 1. The Morgan fingerprint density at radius 2 is 2.04 bits per heavy atom. The van der Waals surface area contributed by atoms with Gasteiger partial charge in [0.15, 0.2) is 0 Å². The first-order chi connectivity index (χ1) is 13.5. The molecule has 28 heavy (non-hydrogen) atoms. The number of carbonyl (C=O) groups excluding carboxylic acids is 1. The molecule has 0 saturated heterocycles. The standard InChI is InChI=1S/C22H22N4O2/c1-13-15(14(2)24-22(28)17(13)11-23)7-8-21(27)26-10-9-20-18(12-26)16-5-3-4-6-19(16)25-20/h3-6,25H,7-10,12H2,1-2H3,(H,24,28). The van der Waals surface area contributed by atoms with E-state index < -0.39 is 0 Å². The van der Waals surface area contributed by atoms with Crippen LogP contribution in [0.5, 0.6) is 0 Å². The van der Waals surface area contributed by atoms with Crippen molar-refractivity contribution in [3.05, 3.63) is 68.3 Å². The molecule has 1 aliphatic rings. The summed E-state index contributed by atoms with van der Waals surface area (Å²) < 4.78 is 0. The van der Waals surface area contributed by atoms with E-state index >= 15 is 0 Å². The summed E-state index contributed by atoms with van der Waals surface area (Å²) in [7, 11) is 0. The predicted molar refractivity (Wildman–Crippen MR) is 107 cm³/mol. The first kappa shape index (κ1) is 18.1. The van der Waals surface area contributed by atoms with Crippen molar-refractivity contribution in [3.8, 4) is 6.07 Å². The van der Waals surface area contributed by atoms with Gasteiger partial charge in [0, 0.05) is 53.8 Å². The number of para-hydroxylation sites is 1. The molecule has 2 aromatic heterocycles. The lowest BCUT2D eigenvalue weighted by Crippen LogP contribution is -2.36. The lowest BCUT2D eigenvalue weighted by Gasteiger charge is -2.27. The van der Waals surface area contributed by atoms with E-state index in [2.05, 4.69) is 22.1 Å². The van der Waals surface area contributed by atoms with Gasteiger partial charge in [0.05, 0.1) is 0 Å². The second-order valence-electron chi connectivity index (χ2n) is 7.36. The van der Waals surface area contributed by atoms with Gasteiger partial charge >= 0.3 is 0 Å². The van der Waals surface area contributed by atoms with Crippen molar-refractivity contribution in [3.63, 3.8) is 0 Å². The number of aromatic amines is 2. The number of amides is 1. The molecule has 3 heterocycles. The maximum absolute atomic E-state index is 12.9. The number of fused-ring (bicyclic) bond motifs is 3. The number of carbonyl (C=O) groups is 1. The lowest BCUT2D eigenvalue weighted by molar-refractivity contribution is -0.132. The van der Waals surface area contributed by atoms with Crippen molar-refractivity contribution >= 4 is 16.8 Å². The molecule has 2 N–H and O–H groups in total. The van der Waals surface area contributed by atoms with Gasteiger partial charge in [-0.1, -0.05) is 18.2 Å². The fourth-order valence-corrected chi connectivity index (χ4v) is 4.19. The van der Waals surface area contributed by atoms with Crippen molar-refractivity contribution in [2.75, 3.05) is 6.54 Å². The van der Waals surface area contributed by atoms with Crippen LogP contribution in [0.3, 0.4) is 0 Å². The fourth-order valence-electron chi connectivity index (χ4n) is 4.19. The van der Waals surface area contributed by atoms with Gasteiger partial charge < -0.3 is 14.9 Å². The molecule has 6 nitrogen and oxygen atoms in total. The lowest BCUT2D eigenvalue weighted by atomic mass is 9.98. The van der Waals surface area contributed by atoms with E-state index in [9.17, 15) is 14.9 Å².